The van der Waals surface area contributed by atoms with E-state index in [1.54, 1.807) is 14.0 Å². The zero-order chi connectivity index (χ0) is 16.8. The molecule has 0 atom stereocenters. The van der Waals surface area contributed by atoms with Crippen LogP contribution in [0.5, 0.6) is 11.5 Å². The number of halogens is 1. The molecule has 1 fully saturated rings. The van der Waals surface area contributed by atoms with Crippen LogP contribution in [0.3, 0.4) is 0 Å². The van der Waals surface area contributed by atoms with Crippen molar-refractivity contribution in [3.63, 3.8) is 0 Å². The van der Waals surface area contributed by atoms with E-state index in [2.05, 4.69) is 27.3 Å². The van der Waals surface area contributed by atoms with Crippen molar-refractivity contribution in [3.8, 4) is 11.5 Å². The van der Waals surface area contributed by atoms with Gasteiger partial charge in [0.15, 0.2) is 11.5 Å². The lowest BCUT2D eigenvalue weighted by Crippen LogP contribution is -2.43. The zero-order valence-electron chi connectivity index (χ0n) is 14.0. The molecule has 1 heterocycles. The molecule has 1 amide bonds. The van der Waals surface area contributed by atoms with E-state index in [1.807, 2.05) is 17.9 Å². The van der Waals surface area contributed by atoms with Crippen LogP contribution in [0, 0.1) is 0 Å². The predicted octanol–water partition coefficient (Wildman–Crippen LogP) is 2.96. The summed E-state index contributed by atoms with van der Waals surface area (Å²) in [5.41, 5.74) is 1.15. The van der Waals surface area contributed by atoms with Crippen LogP contribution in [0.15, 0.2) is 16.6 Å². The molecule has 1 aliphatic rings. The molecule has 128 valence electrons. The second-order valence-electron chi connectivity index (χ2n) is 5.70. The van der Waals surface area contributed by atoms with Crippen molar-refractivity contribution in [2.24, 2.45) is 0 Å². The summed E-state index contributed by atoms with van der Waals surface area (Å²) >= 11 is 3.54. The summed E-state index contributed by atoms with van der Waals surface area (Å²) in [4.78, 5) is 13.3. The Morgan fingerprint density at radius 1 is 1.39 bits per heavy atom. The van der Waals surface area contributed by atoms with Crippen LogP contribution in [-0.2, 0) is 11.3 Å². The third-order valence-corrected chi connectivity index (χ3v) is 4.70. The average molecular weight is 385 g/mol. The van der Waals surface area contributed by atoms with E-state index in [9.17, 15) is 4.79 Å². The molecule has 0 unspecified atom stereocenters. The van der Waals surface area contributed by atoms with Crippen LogP contribution >= 0.6 is 15.9 Å². The van der Waals surface area contributed by atoms with Gasteiger partial charge in [0.1, 0.15) is 0 Å². The van der Waals surface area contributed by atoms with Crippen molar-refractivity contribution in [3.05, 3.63) is 22.2 Å². The number of rotatable bonds is 6. The number of nitrogens with zero attached hydrogens (tertiary/aromatic N) is 1. The third kappa shape index (κ3) is 4.85. The van der Waals surface area contributed by atoms with E-state index < -0.39 is 0 Å². The lowest BCUT2D eigenvalue weighted by Gasteiger charge is -2.31. The maximum Gasteiger partial charge on any atom is 0.219 e. The van der Waals surface area contributed by atoms with Gasteiger partial charge in [-0.05, 0) is 53.4 Å². The number of methoxy groups -OCH3 is 1. The normalized spacial score (nSPS) is 15.6. The number of carbonyl (C=O) groups is 1. The summed E-state index contributed by atoms with van der Waals surface area (Å²) in [6.07, 6.45) is 1.99. The molecular weight excluding hydrogens is 360 g/mol. The molecule has 0 aliphatic carbocycles. The van der Waals surface area contributed by atoms with Crippen LogP contribution in [0.25, 0.3) is 0 Å². The lowest BCUT2D eigenvalue weighted by atomic mass is 10.0. The van der Waals surface area contributed by atoms with E-state index in [0.29, 0.717) is 12.6 Å². The SMILES string of the molecule is CCOc1cc(CNC2CCN(C(C)=O)CC2)cc(Br)c1OC. The fraction of sp³-hybridized carbons (Fsp3) is 0.588. The molecule has 2 rings (SSSR count). The van der Waals surface area contributed by atoms with Gasteiger partial charge < -0.3 is 19.7 Å². The van der Waals surface area contributed by atoms with Crippen molar-refractivity contribution in [2.75, 3.05) is 26.8 Å². The van der Waals surface area contributed by atoms with Crippen LogP contribution in [0.4, 0.5) is 0 Å². The molecule has 5 nitrogen and oxygen atoms in total. The van der Waals surface area contributed by atoms with Crippen LogP contribution < -0.4 is 14.8 Å². The Bertz CT molecular complexity index is 543. The first-order chi connectivity index (χ1) is 11.0. The molecule has 1 aliphatic heterocycles. The van der Waals surface area contributed by atoms with E-state index in [0.717, 1.165) is 54.0 Å². The minimum absolute atomic E-state index is 0.170. The van der Waals surface area contributed by atoms with Crippen LogP contribution in [0.2, 0.25) is 0 Å². The van der Waals surface area contributed by atoms with Crippen molar-refractivity contribution in [2.45, 2.75) is 39.3 Å². The number of hydrogen-bond acceptors (Lipinski definition) is 4. The molecule has 23 heavy (non-hydrogen) atoms. The molecule has 0 radical (unpaired) electrons. The fourth-order valence-electron chi connectivity index (χ4n) is 2.85. The standard InChI is InChI=1S/C17H25BrN2O3/c1-4-23-16-10-13(9-15(18)17(16)22-3)11-19-14-5-7-20(8-6-14)12(2)21/h9-10,14,19H,4-8,11H2,1-3H3. The number of likely N-dealkylation sites (tertiary alicyclic amines) is 1. The monoisotopic (exact) mass is 384 g/mol. The molecule has 0 bridgehead atoms. The summed E-state index contributed by atoms with van der Waals surface area (Å²) in [5.74, 6) is 1.65. The maximum absolute atomic E-state index is 11.4. The van der Waals surface area contributed by atoms with Gasteiger partial charge in [0.2, 0.25) is 5.91 Å². The Morgan fingerprint density at radius 2 is 2.09 bits per heavy atom. The van der Waals surface area contributed by atoms with E-state index >= 15 is 0 Å². The van der Waals surface area contributed by atoms with Gasteiger partial charge in [-0.1, -0.05) is 0 Å². The van der Waals surface area contributed by atoms with Crippen molar-refractivity contribution in [1.29, 1.82) is 0 Å². The molecule has 0 saturated carbocycles. The van der Waals surface area contributed by atoms with E-state index in [4.69, 9.17) is 9.47 Å². The Labute approximate surface area is 146 Å². The highest BCUT2D eigenvalue weighted by Crippen LogP contribution is 2.36. The first kappa shape index (κ1) is 18.1. The Hall–Kier alpha value is -1.27. The first-order valence-electron chi connectivity index (χ1n) is 8.03. The first-order valence-corrected chi connectivity index (χ1v) is 8.82. The second-order valence-corrected chi connectivity index (χ2v) is 6.56. The van der Waals surface area contributed by atoms with Gasteiger partial charge in [-0.3, -0.25) is 4.79 Å². The fourth-order valence-corrected chi connectivity index (χ4v) is 3.50. The molecular formula is C17H25BrN2O3. The van der Waals surface area contributed by atoms with Gasteiger partial charge in [0, 0.05) is 32.6 Å². The minimum atomic E-state index is 0.170. The summed E-state index contributed by atoms with van der Waals surface area (Å²) in [6.45, 7) is 6.64. The number of amides is 1. The van der Waals surface area contributed by atoms with Gasteiger partial charge in [0.25, 0.3) is 0 Å². The second kappa shape index (κ2) is 8.55. The van der Waals surface area contributed by atoms with Crippen molar-refractivity contribution < 1.29 is 14.3 Å². The number of ether oxygens (including phenoxy) is 2. The zero-order valence-corrected chi connectivity index (χ0v) is 15.6. The van der Waals surface area contributed by atoms with E-state index in [-0.39, 0.29) is 5.91 Å². The van der Waals surface area contributed by atoms with Gasteiger partial charge in [-0.25, -0.2) is 0 Å². The maximum atomic E-state index is 11.4. The summed E-state index contributed by atoms with van der Waals surface area (Å²) in [6, 6.07) is 4.52. The highest BCUT2D eigenvalue weighted by molar-refractivity contribution is 9.10. The number of hydrogen-bond donors (Lipinski definition) is 1. The smallest absolute Gasteiger partial charge is 0.219 e. The topological polar surface area (TPSA) is 50.8 Å². The quantitative estimate of drug-likeness (QED) is 0.818. The van der Waals surface area contributed by atoms with Crippen LogP contribution in [-0.4, -0.2) is 43.7 Å². The van der Waals surface area contributed by atoms with Gasteiger partial charge in [-0.15, -0.1) is 0 Å². The molecule has 6 heteroatoms. The molecule has 1 aromatic rings. The summed E-state index contributed by atoms with van der Waals surface area (Å²) in [5, 5.41) is 3.58. The molecule has 0 spiro atoms. The van der Waals surface area contributed by atoms with E-state index in [1.165, 1.54) is 0 Å². The number of piperidine rings is 1. The van der Waals surface area contributed by atoms with Gasteiger partial charge in [0.05, 0.1) is 18.2 Å². The Kier molecular flexibility index (Phi) is 6.72. The van der Waals surface area contributed by atoms with Gasteiger partial charge in [-0.2, -0.15) is 0 Å². The number of nitrogens with one attached hydrogen (secondary N) is 1. The third-order valence-electron chi connectivity index (χ3n) is 4.11. The predicted molar refractivity (Wildman–Crippen MR) is 94.0 cm³/mol. The van der Waals surface area contributed by atoms with Gasteiger partial charge >= 0.3 is 0 Å². The van der Waals surface area contributed by atoms with Crippen molar-refractivity contribution in [1.82, 2.24) is 10.2 Å². The average Bonchev–Trinajstić information content (AvgIpc) is 2.53. The van der Waals surface area contributed by atoms with Crippen LogP contribution in [0.1, 0.15) is 32.3 Å². The summed E-state index contributed by atoms with van der Waals surface area (Å²) in [7, 11) is 1.64. The molecule has 1 aromatic carbocycles. The largest absolute Gasteiger partial charge is 0.492 e. The molecule has 1 saturated heterocycles. The highest BCUT2D eigenvalue weighted by atomic mass is 79.9. The molecule has 1 N–H and O–H groups in total. The summed E-state index contributed by atoms with van der Waals surface area (Å²) < 4.78 is 11.9. The lowest BCUT2D eigenvalue weighted by molar-refractivity contribution is -0.129. The minimum Gasteiger partial charge on any atom is -0.492 e. The van der Waals surface area contributed by atoms with Crippen molar-refractivity contribution >= 4 is 21.8 Å². The number of benzene rings is 1. The Morgan fingerprint density at radius 3 is 2.65 bits per heavy atom. The number of carbonyl (C=O) groups excluding carboxylic acids is 1. The Balaban J connectivity index is 1.94. The molecule has 0 aromatic heterocycles. The highest BCUT2D eigenvalue weighted by Gasteiger charge is 2.20.